The molecular weight excluding hydrogens is 194 g/mol. The third-order valence-corrected chi connectivity index (χ3v) is 3.80. The van der Waals surface area contributed by atoms with Gasteiger partial charge in [0.25, 0.3) is 0 Å². The molecule has 0 aliphatic carbocycles. The standard InChI is InChI=1S/C15H25N/c1-5-12-7-9-13(10-8-12)11-14(16)15(3,4)6-2/h7-10,14H,5-6,11,16H2,1-4H3. The molecule has 0 aliphatic heterocycles. The van der Waals surface area contributed by atoms with Gasteiger partial charge in [-0.25, -0.2) is 0 Å². The highest BCUT2D eigenvalue weighted by Crippen LogP contribution is 2.25. The van der Waals surface area contributed by atoms with Crippen molar-refractivity contribution >= 4 is 0 Å². The molecule has 0 aliphatic rings. The number of rotatable bonds is 5. The van der Waals surface area contributed by atoms with E-state index in [-0.39, 0.29) is 11.5 Å². The summed E-state index contributed by atoms with van der Waals surface area (Å²) >= 11 is 0. The van der Waals surface area contributed by atoms with Crippen molar-refractivity contribution in [3.63, 3.8) is 0 Å². The molecule has 1 heteroatoms. The van der Waals surface area contributed by atoms with Gasteiger partial charge in [-0.2, -0.15) is 0 Å². The molecule has 0 aromatic heterocycles. The minimum absolute atomic E-state index is 0.226. The highest BCUT2D eigenvalue weighted by atomic mass is 14.7. The summed E-state index contributed by atoms with van der Waals surface area (Å²) in [7, 11) is 0. The van der Waals surface area contributed by atoms with Crippen LogP contribution in [0.5, 0.6) is 0 Å². The molecule has 1 aromatic carbocycles. The van der Waals surface area contributed by atoms with E-state index in [1.165, 1.54) is 11.1 Å². The van der Waals surface area contributed by atoms with Crippen LogP contribution < -0.4 is 5.73 Å². The third kappa shape index (κ3) is 3.34. The number of hydrogen-bond acceptors (Lipinski definition) is 1. The number of aryl methyl sites for hydroxylation is 1. The van der Waals surface area contributed by atoms with Crippen LogP contribution in [-0.2, 0) is 12.8 Å². The van der Waals surface area contributed by atoms with E-state index in [4.69, 9.17) is 5.73 Å². The van der Waals surface area contributed by atoms with Crippen molar-refractivity contribution in [2.24, 2.45) is 11.1 Å². The van der Waals surface area contributed by atoms with E-state index >= 15 is 0 Å². The number of hydrogen-bond donors (Lipinski definition) is 1. The van der Waals surface area contributed by atoms with Gasteiger partial charge in [0, 0.05) is 6.04 Å². The first-order chi connectivity index (χ1) is 7.49. The van der Waals surface area contributed by atoms with E-state index in [0.717, 1.165) is 19.3 Å². The second-order valence-corrected chi connectivity index (χ2v) is 5.32. The zero-order valence-corrected chi connectivity index (χ0v) is 11.1. The maximum absolute atomic E-state index is 6.26. The topological polar surface area (TPSA) is 26.0 Å². The van der Waals surface area contributed by atoms with Crippen molar-refractivity contribution in [3.8, 4) is 0 Å². The van der Waals surface area contributed by atoms with Crippen LogP contribution in [0.15, 0.2) is 24.3 Å². The predicted octanol–water partition coefficient (Wildman–Crippen LogP) is 3.56. The Morgan fingerprint density at radius 2 is 1.56 bits per heavy atom. The SMILES string of the molecule is CCc1ccc(CC(N)C(C)(C)CC)cc1. The molecule has 0 radical (unpaired) electrons. The van der Waals surface area contributed by atoms with E-state index in [1.54, 1.807) is 0 Å². The molecule has 16 heavy (non-hydrogen) atoms. The summed E-state index contributed by atoms with van der Waals surface area (Å²) in [4.78, 5) is 0. The fourth-order valence-electron chi connectivity index (χ4n) is 1.70. The molecule has 1 nitrogen and oxygen atoms in total. The van der Waals surface area contributed by atoms with Gasteiger partial charge in [0.15, 0.2) is 0 Å². The van der Waals surface area contributed by atoms with E-state index in [0.29, 0.717) is 0 Å². The van der Waals surface area contributed by atoms with Gasteiger partial charge < -0.3 is 5.73 Å². The maximum atomic E-state index is 6.26. The van der Waals surface area contributed by atoms with E-state index < -0.39 is 0 Å². The van der Waals surface area contributed by atoms with Crippen molar-refractivity contribution in [1.29, 1.82) is 0 Å². The molecule has 2 N–H and O–H groups in total. The van der Waals surface area contributed by atoms with E-state index in [2.05, 4.69) is 52.0 Å². The molecule has 1 atom stereocenters. The van der Waals surface area contributed by atoms with Crippen molar-refractivity contribution in [2.45, 2.75) is 53.0 Å². The second-order valence-electron chi connectivity index (χ2n) is 5.32. The lowest BCUT2D eigenvalue weighted by Gasteiger charge is -2.30. The Bertz CT molecular complexity index is 311. The Hall–Kier alpha value is -0.820. The second kappa shape index (κ2) is 5.49. The molecule has 1 rings (SSSR count). The van der Waals surface area contributed by atoms with Gasteiger partial charge >= 0.3 is 0 Å². The highest BCUT2D eigenvalue weighted by molar-refractivity contribution is 5.23. The molecule has 1 aromatic rings. The lowest BCUT2D eigenvalue weighted by Crippen LogP contribution is -2.38. The predicted molar refractivity (Wildman–Crippen MR) is 71.6 cm³/mol. The van der Waals surface area contributed by atoms with Gasteiger partial charge in [0.2, 0.25) is 0 Å². The van der Waals surface area contributed by atoms with Gasteiger partial charge in [-0.05, 0) is 35.8 Å². The largest absolute Gasteiger partial charge is 0.327 e. The zero-order chi connectivity index (χ0) is 12.2. The van der Waals surface area contributed by atoms with E-state index in [1.807, 2.05) is 0 Å². The van der Waals surface area contributed by atoms with Gasteiger partial charge in [-0.1, -0.05) is 52.0 Å². The summed E-state index contributed by atoms with van der Waals surface area (Å²) in [6.07, 6.45) is 3.21. The lowest BCUT2D eigenvalue weighted by molar-refractivity contribution is 0.272. The number of benzene rings is 1. The first-order valence-corrected chi connectivity index (χ1v) is 6.33. The van der Waals surface area contributed by atoms with Crippen molar-refractivity contribution in [1.82, 2.24) is 0 Å². The van der Waals surface area contributed by atoms with Gasteiger partial charge in [-0.3, -0.25) is 0 Å². The quantitative estimate of drug-likeness (QED) is 0.805. The minimum atomic E-state index is 0.226. The lowest BCUT2D eigenvalue weighted by atomic mass is 9.79. The fraction of sp³-hybridized carbons (Fsp3) is 0.600. The van der Waals surface area contributed by atoms with Crippen LogP contribution >= 0.6 is 0 Å². The normalized spacial score (nSPS) is 13.8. The summed E-state index contributed by atoms with van der Waals surface area (Å²) in [5.41, 5.74) is 9.24. The summed E-state index contributed by atoms with van der Waals surface area (Å²) < 4.78 is 0. The van der Waals surface area contributed by atoms with Crippen LogP contribution in [0.1, 0.15) is 45.2 Å². The van der Waals surface area contributed by atoms with Gasteiger partial charge in [0.05, 0.1) is 0 Å². The molecule has 0 fully saturated rings. The maximum Gasteiger partial charge on any atom is 0.0131 e. The smallest absolute Gasteiger partial charge is 0.0131 e. The average molecular weight is 219 g/mol. The third-order valence-electron chi connectivity index (χ3n) is 3.80. The van der Waals surface area contributed by atoms with Crippen LogP contribution in [0.3, 0.4) is 0 Å². The Kier molecular flexibility index (Phi) is 4.55. The van der Waals surface area contributed by atoms with Crippen LogP contribution in [0.4, 0.5) is 0 Å². The van der Waals surface area contributed by atoms with Crippen molar-refractivity contribution < 1.29 is 0 Å². The summed E-state index contributed by atoms with van der Waals surface area (Å²) in [5, 5.41) is 0. The zero-order valence-electron chi connectivity index (χ0n) is 11.1. The molecule has 0 saturated carbocycles. The molecule has 0 spiro atoms. The molecule has 0 heterocycles. The Balaban J connectivity index is 2.66. The van der Waals surface area contributed by atoms with Gasteiger partial charge in [0.1, 0.15) is 0 Å². The van der Waals surface area contributed by atoms with Crippen LogP contribution in [0, 0.1) is 5.41 Å². The Labute approximate surface area is 100 Å². The molecule has 0 bridgehead atoms. The Morgan fingerprint density at radius 1 is 1.06 bits per heavy atom. The minimum Gasteiger partial charge on any atom is -0.327 e. The number of nitrogens with two attached hydrogens (primary N) is 1. The monoisotopic (exact) mass is 219 g/mol. The molecule has 1 unspecified atom stereocenters. The fourth-order valence-corrected chi connectivity index (χ4v) is 1.70. The van der Waals surface area contributed by atoms with Gasteiger partial charge in [-0.15, -0.1) is 0 Å². The molecule has 0 saturated heterocycles. The van der Waals surface area contributed by atoms with E-state index in [9.17, 15) is 0 Å². The summed E-state index contributed by atoms with van der Waals surface area (Å²) in [6, 6.07) is 9.08. The summed E-state index contributed by atoms with van der Waals surface area (Å²) in [5.74, 6) is 0. The summed E-state index contributed by atoms with van der Waals surface area (Å²) in [6.45, 7) is 8.89. The first-order valence-electron chi connectivity index (χ1n) is 6.33. The molecule has 0 amide bonds. The molecule has 90 valence electrons. The van der Waals surface area contributed by atoms with Crippen molar-refractivity contribution in [2.75, 3.05) is 0 Å². The highest BCUT2D eigenvalue weighted by Gasteiger charge is 2.24. The Morgan fingerprint density at radius 3 is 2.00 bits per heavy atom. The van der Waals surface area contributed by atoms with Crippen LogP contribution in [0.2, 0.25) is 0 Å². The first kappa shape index (κ1) is 13.2. The average Bonchev–Trinajstić information content (AvgIpc) is 2.30. The van der Waals surface area contributed by atoms with Crippen LogP contribution in [-0.4, -0.2) is 6.04 Å². The van der Waals surface area contributed by atoms with Crippen molar-refractivity contribution in [3.05, 3.63) is 35.4 Å². The molecular formula is C15H25N. The van der Waals surface area contributed by atoms with Crippen LogP contribution in [0.25, 0.3) is 0 Å².